The zero-order valence-corrected chi connectivity index (χ0v) is 9.15. The molecule has 0 radical (unpaired) electrons. The molecule has 84 valence electrons. The number of hydrogen-bond acceptors (Lipinski definition) is 3. The molecule has 1 aromatic heterocycles. The van der Waals surface area contributed by atoms with Crippen LogP contribution in [0.5, 0.6) is 0 Å². The summed E-state index contributed by atoms with van der Waals surface area (Å²) in [4.78, 5) is 0. The molecule has 2 N–H and O–H groups in total. The Kier molecular flexibility index (Phi) is 3.44. The summed E-state index contributed by atoms with van der Waals surface area (Å²) in [5, 5.41) is 13.2. The van der Waals surface area contributed by atoms with E-state index >= 15 is 0 Å². The van der Waals surface area contributed by atoms with Gasteiger partial charge < -0.3 is 14.8 Å². The summed E-state index contributed by atoms with van der Waals surface area (Å²) < 4.78 is 5.15. The van der Waals surface area contributed by atoms with E-state index in [0.29, 0.717) is 18.3 Å². The fourth-order valence-electron chi connectivity index (χ4n) is 1.99. The molecule has 0 amide bonds. The lowest BCUT2D eigenvalue weighted by atomic mass is 10.1. The van der Waals surface area contributed by atoms with Crippen LogP contribution in [0.2, 0.25) is 0 Å². The van der Waals surface area contributed by atoms with Crippen molar-refractivity contribution < 1.29 is 9.52 Å². The van der Waals surface area contributed by atoms with Gasteiger partial charge in [0, 0.05) is 12.6 Å². The molecule has 0 aromatic carbocycles. The zero-order chi connectivity index (χ0) is 10.7. The van der Waals surface area contributed by atoms with Crippen molar-refractivity contribution in [3.05, 3.63) is 24.2 Å². The van der Waals surface area contributed by atoms with Crippen LogP contribution >= 0.6 is 0 Å². The molecule has 1 aliphatic carbocycles. The predicted octanol–water partition coefficient (Wildman–Crippen LogP) is 2.09. The van der Waals surface area contributed by atoms with E-state index in [1.54, 1.807) is 12.3 Å². The van der Waals surface area contributed by atoms with Crippen LogP contribution in [0, 0.1) is 5.92 Å². The quantitative estimate of drug-likeness (QED) is 0.754. The molecule has 0 aliphatic heterocycles. The van der Waals surface area contributed by atoms with Crippen molar-refractivity contribution in [1.29, 1.82) is 0 Å². The van der Waals surface area contributed by atoms with Gasteiger partial charge >= 0.3 is 0 Å². The van der Waals surface area contributed by atoms with E-state index < -0.39 is 6.10 Å². The number of furan rings is 1. The first-order valence-corrected chi connectivity index (χ1v) is 5.76. The maximum absolute atomic E-state index is 9.80. The number of aliphatic hydroxyl groups is 1. The van der Waals surface area contributed by atoms with E-state index in [9.17, 15) is 5.11 Å². The summed E-state index contributed by atoms with van der Waals surface area (Å²) >= 11 is 0. The van der Waals surface area contributed by atoms with Gasteiger partial charge in [-0.1, -0.05) is 6.92 Å². The van der Waals surface area contributed by atoms with Crippen LogP contribution in [-0.2, 0) is 0 Å². The lowest BCUT2D eigenvalue weighted by Gasteiger charge is -2.17. The highest BCUT2D eigenvalue weighted by atomic mass is 16.4. The van der Waals surface area contributed by atoms with Gasteiger partial charge in [-0.2, -0.15) is 0 Å². The fraction of sp³-hybridized carbons (Fsp3) is 0.667. The lowest BCUT2D eigenvalue weighted by Crippen LogP contribution is -2.33. The Balaban J connectivity index is 1.76. The first-order chi connectivity index (χ1) is 7.31. The molecule has 0 bridgehead atoms. The molecular formula is C12H19NO2. The molecule has 0 saturated heterocycles. The van der Waals surface area contributed by atoms with Crippen LogP contribution in [0.25, 0.3) is 0 Å². The van der Waals surface area contributed by atoms with Crippen molar-refractivity contribution in [3.63, 3.8) is 0 Å². The van der Waals surface area contributed by atoms with E-state index in [1.165, 1.54) is 12.8 Å². The highest BCUT2D eigenvalue weighted by molar-refractivity contribution is 5.02. The summed E-state index contributed by atoms with van der Waals surface area (Å²) in [6.07, 6.45) is 4.88. The summed E-state index contributed by atoms with van der Waals surface area (Å²) in [5.41, 5.74) is 0. The Hall–Kier alpha value is -0.800. The number of rotatable bonds is 6. The molecule has 2 atom stereocenters. The standard InChI is InChI=1S/C12H19NO2/c1-2-10(9-5-6-9)13-8-11(14)12-4-3-7-15-12/h3-4,7,9-11,13-14H,2,5-6,8H2,1H3. The van der Waals surface area contributed by atoms with Crippen molar-refractivity contribution in [2.24, 2.45) is 5.92 Å². The van der Waals surface area contributed by atoms with Crippen molar-refractivity contribution in [1.82, 2.24) is 5.32 Å². The summed E-state index contributed by atoms with van der Waals surface area (Å²) in [6.45, 7) is 2.78. The van der Waals surface area contributed by atoms with E-state index in [-0.39, 0.29) is 0 Å². The third kappa shape index (κ3) is 2.83. The Morgan fingerprint density at radius 2 is 2.40 bits per heavy atom. The van der Waals surface area contributed by atoms with Crippen molar-refractivity contribution in [2.45, 2.75) is 38.3 Å². The Morgan fingerprint density at radius 3 is 2.93 bits per heavy atom. The third-order valence-electron chi connectivity index (χ3n) is 3.08. The smallest absolute Gasteiger partial charge is 0.133 e. The van der Waals surface area contributed by atoms with E-state index in [1.807, 2.05) is 6.07 Å². The molecule has 1 aromatic rings. The Bertz CT molecular complexity index is 280. The van der Waals surface area contributed by atoms with Gasteiger partial charge in [0.05, 0.1) is 6.26 Å². The molecule has 1 fully saturated rings. The van der Waals surface area contributed by atoms with Gasteiger partial charge in [-0.05, 0) is 37.3 Å². The largest absolute Gasteiger partial charge is 0.467 e. The normalized spacial score (nSPS) is 20.1. The van der Waals surface area contributed by atoms with Gasteiger partial charge in [-0.3, -0.25) is 0 Å². The first-order valence-electron chi connectivity index (χ1n) is 5.76. The topological polar surface area (TPSA) is 45.4 Å². The van der Waals surface area contributed by atoms with Crippen LogP contribution in [0.1, 0.15) is 38.1 Å². The average molecular weight is 209 g/mol. The van der Waals surface area contributed by atoms with Crippen LogP contribution in [0.15, 0.2) is 22.8 Å². The van der Waals surface area contributed by atoms with Crippen molar-refractivity contribution >= 4 is 0 Å². The first kappa shape index (κ1) is 10.7. The van der Waals surface area contributed by atoms with Crippen LogP contribution in [-0.4, -0.2) is 17.7 Å². The molecular weight excluding hydrogens is 190 g/mol. The molecule has 3 nitrogen and oxygen atoms in total. The van der Waals surface area contributed by atoms with E-state index in [0.717, 1.165) is 12.3 Å². The highest BCUT2D eigenvalue weighted by Crippen LogP contribution is 2.34. The molecule has 1 saturated carbocycles. The zero-order valence-electron chi connectivity index (χ0n) is 9.15. The number of aliphatic hydroxyl groups excluding tert-OH is 1. The van der Waals surface area contributed by atoms with Crippen molar-refractivity contribution in [3.8, 4) is 0 Å². The number of nitrogens with one attached hydrogen (secondary N) is 1. The average Bonchev–Trinajstić information content (AvgIpc) is 2.94. The van der Waals surface area contributed by atoms with Crippen LogP contribution in [0.4, 0.5) is 0 Å². The van der Waals surface area contributed by atoms with Crippen LogP contribution < -0.4 is 5.32 Å². The van der Waals surface area contributed by atoms with Gasteiger partial charge in [-0.15, -0.1) is 0 Å². The van der Waals surface area contributed by atoms with Crippen molar-refractivity contribution in [2.75, 3.05) is 6.54 Å². The van der Waals surface area contributed by atoms with Gasteiger partial charge in [0.15, 0.2) is 0 Å². The van der Waals surface area contributed by atoms with Crippen LogP contribution in [0.3, 0.4) is 0 Å². The Morgan fingerprint density at radius 1 is 1.60 bits per heavy atom. The number of hydrogen-bond donors (Lipinski definition) is 2. The monoisotopic (exact) mass is 209 g/mol. The third-order valence-corrected chi connectivity index (χ3v) is 3.08. The summed E-state index contributed by atoms with van der Waals surface area (Å²) in [5.74, 6) is 1.48. The SMILES string of the molecule is CCC(NCC(O)c1ccco1)C1CC1. The molecule has 2 unspecified atom stereocenters. The van der Waals surface area contributed by atoms with E-state index in [4.69, 9.17) is 4.42 Å². The molecule has 1 aliphatic rings. The maximum Gasteiger partial charge on any atom is 0.133 e. The minimum absolute atomic E-state index is 0.521. The minimum Gasteiger partial charge on any atom is -0.467 e. The van der Waals surface area contributed by atoms with Gasteiger partial charge in [0.2, 0.25) is 0 Å². The second-order valence-electron chi connectivity index (χ2n) is 4.29. The highest BCUT2D eigenvalue weighted by Gasteiger charge is 2.29. The molecule has 1 heterocycles. The summed E-state index contributed by atoms with van der Waals surface area (Å²) in [7, 11) is 0. The van der Waals surface area contributed by atoms with E-state index in [2.05, 4.69) is 12.2 Å². The fourth-order valence-corrected chi connectivity index (χ4v) is 1.99. The molecule has 15 heavy (non-hydrogen) atoms. The molecule has 3 heteroatoms. The maximum atomic E-state index is 9.80. The summed E-state index contributed by atoms with van der Waals surface area (Å²) in [6, 6.07) is 4.18. The predicted molar refractivity (Wildman–Crippen MR) is 58.5 cm³/mol. The minimum atomic E-state index is -0.521. The molecule has 2 rings (SSSR count). The second kappa shape index (κ2) is 4.81. The molecule has 0 spiro atoms. The second-order valence-corrected chi connectivity index (χ2v) is 4.29. The lowest BCUT2D eigenvalue weighted by molar-refractivity contribution is 0.141. The van der Waals surface area contributed by atoms with Gasteiger partial charge in [0.25, 0.3) is 0 Å². The van der Waals surface area contributed by atoms with Gasteiger partial charge in [-0.25, -0.2) is 0 Å². The van der Waals surface area contributed by atoms with Gasteiger partial charge in [0.1, 0.15) is 11.9 Å². The Labute approximate surface area is 90.5 Å².